The van der Waals surface area contributed by atoms with E-state index in [0.29, 0.717) is 10.8 Å². The molecule has 0 aliphatic heterocycles. The van der Waals surface area contributed by atoms with Gasteiger partial charge < -0.3 is 16.0 Å². The molecular weight excluding hydrogens is 280 g/mol. The Balaban J connectivity index is 2.52. The number of thiocarbonyl (C=S) groups is 1. The third-order valence-corrected chi connectivity index (χ3v) is 3.43. The fraction of sp³-hybridized carbons (Fsp3) is 0.250. The minimum Gasteiger partial charge on any atom is -0.389 e. The molecule has 4 nitrogen and oxygen atoms in total. The molecule has 0 aliphatic carbocycles. The third kappa shape index (κ3) is 3.31. The number of pyridine rings is 1. The number of para-hydroxylation sites is 2. The molecule has 0 aliphatic rings. The van der Waals surface area contributed by atoms with Gasteiger partial charge in [-0.15, -0.1) is 0 Å². The average molecular weight is 300 g/mol. The lowest BCUT2D eigenvalue weighted by Gasteiger charge is -2.20. The zero-order chi connectivity index (χ0) is 15.6. The van der Waals surface area contributed by atoms with Crippen molar-refractivity contribution < 1.29 is 0 Å². The van der Waals surface area contributed by atoms with Crippen molar-refractivity contribution in [1.82, 2.24) is 4.98 Å². The zero-order valence-corrected chi connectivity index (χ0v) is 13.6. The lowest BCUT2D eigenvalue weighted by molar-refractivity contribution is 1.12. The van der Waals surface area contributed by atoms with Gasteiger partial charge in [0.15, 0.2) is 0 Å². The number of aromatic nitrogens is 1. The van der Waals surface area contributed by atoms with Crippen LogP contribution >= 0.6 is 12.2 Å². The Morgan fingerprint density at radius 1 is 1.24 bits per heavy atom. The number of anilines is 3. The number of nitrogens with zero attached hydrogens (tertiary/aromatic N) is 2. The maximum atomic E-state index is 5.86. The first kappa shape index (κ1) is 15.3. The van der Waals surface area contributed by atoms with Gasteiger partial charge in [0.2, 0.25) is 0 Å². The summed E-state index contributed by atoms with van der Waals surface area (Å²) < 4.78 is 0. The summed E-state index contributed by atoms with van der Waals surface area (Å²) in [4.78, 5) is 6.95. The second kappa shape index (κ2) is 6.10. The first-order chi connectivity index (χ1) is 9.90. The van der Waals surface area contributed by atoms with E-state index in [1.165, 1.54) is 0 Å². The molecule has 0 radical (unpaired) electrons. The van der Waals surface area contributed by atoms with Gasteiger partial charge in [0.1, 0.15) is 10.8 Å². The number of hydrogen-bond acceptors (Lipinski definition) is 4. The fourth-order valence-electron chi connectivity index (χ4n) is 2.34. The minimum atomic E-state index is 0.352. The molecule has 0 unspecified atom stereocenters. The molecule has 1 heterocycles. The van der Waals surface area contributed by atoms with Gasteiger partial charge in [-0.05, 0) is 37.6 Å². The molecule has 21 heavy (non-hydrogen) atoms. The number of nitrogens with one attached hydrogen (secondary N) is 1. The van der Waals surface area contributed by atoms with E-state index in [-0.39, 0.29) is 0 Å². The Kier molecular flexibility index (Phi) is 4.43. The normalized spacial score (nSPS) is 10.3. The lowest BCUT2D eigenvalue weighted by atomic mass is 10.1. The molecule has 1 aromatic heterocycles. The molecule has 0 saturated carbocycles. The van der Waals surface area contributed by atoms with Crippen molar-refractivity contribution in [2.75, 3.05) is 24.3 Å². The van der Waals surface area contributed by atoms with E-state index in [2.05, 4.69) is 10.3 Å². The fourth-order valence-corrected chi connectivity index (χ4v) is 2.59. The van der Waals surface area contributed by atoms with Crippen molar-refractivity contribution in [1.29, 1.82) is 0 Å². The van der Waals surface area contributed by atoms with Crippen molar-refractivity contribution in [3.05, 3.63) is 47.2 Å². The Bertz CT molecular complexity index is 680. The Hall–Kier alpha value is -2.14. The van der Waals surface area contributed by atoms with Crippen LogP contribution in [0.5, 0.6) is 0 Å². The first-order valence-electron chi connectivity index (χ1n) is 6.71. The molecule has 0 atom stereocenters. The van der Waals surface area contributed by atoms with Crippen LogP contribution in [0.15, 0.2) is 30.3 Å². The topological polar surface area (TPSA) is 54.2 Å². The Labute approximate surface area is 131 Å². The lowest BCUT2D eigenvalue weighted by Crippen LogP contribution is -2.16. The molecule has 0 spiro atoms. The van der Waals surface area contributed by atoms with Crippen molar-refractivity contribution in [2.45, 2.75) is 13.8 Å². The molecule has 1 aromatic carbocycles. The van der Waals surface area contributed by atoms with Crippen LogP contribution in [0.2, 0.25) is 0 Å². The first-order valence-corrected chi connectivity index (χ1v) is 7.12. The van der Waals surface area contributed by atoms with Crippen LogP contribution in [-0.4, -0.2) is 24.1 Å². The summed E-state index contributed by atoms with van der Waals surface area (Å²) in [5.74, 6) is 0.703. The highest BCUT2D eigenvalue weighted by Gasteiger charge is 2.13. The number of benzene rings is 1. The summed E-state index contributed by atoms with van der Waals surface area (Å²) >= 11 is 5.17. The van der Waals surface area contributed by atoms with Gasteiger partial charge in [0, 0.05) is 19.8 Å². The molecule has 5 heteroatoms. The van der Waals surface area contributed by atoms with Crippen molar-refractivity contribution in [2.24, 2.45) is 5.73 Å². The van der Waals surface area contributed by atoms with E-state index >= 15 is 0 Å². The van der Waals surface area contributed by atoms with Crippen LogP contribution in [-0.2, 0) is 0 Å². The predicted molar refractivity (Wildman–Crippen MR) is 93.7 cm³/mol. The molecule has 110 valence electrons. The van der Waals surface area contributed by atoms with E-state index < -0.39 is 0 Å². The van der Waals surface area contributed by atoms with E-state index in [9.17, 15) is 0 Å². The maximum Gasteiger partial charge on any atom is 0.141 e. The molecule has 0 bridgehead atoms. The van der Waals surface area contributed by atoms with E-state index in [0.717, 1.165) is 28.2 Å². The summed E-state index contributed by atoms with van der Waals surface area (Å²) in [7, 11) is 4.01. The molecule has 0 amide bonds. The highest BCUT2D eigenvalue weighted by Crippen LogP contribution is 2.29. The maximum absolute atomic E-state index is 5.86. The Morgan fingerprint density at radius 3 is 2.52 bits per heavy atom. The Morgan fingerprint density at radius 2 is 1.90 bits per heavy atom. The van der Waals surface area contributed by atoms with Crippen molar-refractivity contribution in [3.8, 4) is 0 Å². The minimum absolute atomic E-state index is 0.352. The highest BCUT2D eigenvalue weighted by atomic mass is 32.1. The molecule has 2 rings (SSSR count). The zero-order valence-electron chi connectivity index (χ0n) is 12.8. The van der Waals surface area contributed by atoms with Crippen LogP contribution in [0.4, 0.5) is 17.2 Å². The summed E-state index contributed by atoms with van der Waals surface area (Å²) in [5.41, 5.74) is 10.7. The van der Waals surface area contributed by atoms with Crippen LogP contribution in [0.25, 0.3) is 0 Å². The van der Waals surface area contributed by atoms with Crippen LogP contribution < -0.4 is 16.0 Å². The van der Waals surface area contributed by atoms with Gasteiger partial charge in [-0.25, -0.2) is 4.98 Å². The quantitative estimate of drug-likeness (QED) is 0.850. The molecule has 2 aromatic rings. The molecule has 0 saturated heterocycles. The smallest absolute Gasteiger partial charge is 0.141 e. The highest BCUT2D eigenvalue weighted by molar-refractivity contribution is 7.80. The van der Waals surface area contributed by atoms with Gasteiger partial charge in [0.05, 0.1) is 16.9 Å². The average Bonchev–Trinajstić information content (AvgIpc) is 2.37. The third-order valence-electron chi connectivity index (χ3n) is 3.23. The van der Waals surface area contributed by atoms with Gasteiger partial charge in [-0.2, -0.15) is 0 Å². The van der Waals surface area contributed by atoms with Crippen molar-refractivity contribution >= 4 is 34.4 Å². The van der Waals surface area contributed by atoms with Crippen LogP contribution in [0, 0.1) is 13.8 Å². The van der Waals surface area contributed by atoms with Gasteiger partial charge >= 0.3 is 0 Å². The summed E-state index contributed by atoms with van der Waals surface area (Å²) in [5, 5.41) is 3.37. The van der Waals surface area contributed by atoms with Crippen LogP contribution in [0.3, 0.4) is 0 Å². The number of nitrogens with two attached hydrogens (primary N) is 1. The van der Waals surface area contributed by atoms with Gasteiger partial charge in [-0.3, -0.25) is 0 Å². The SMILES string of the molecule is Cc1cc(C)c(C(N)=S)c(Nc2ccccc2N(C)C)n1. The van der Waals surface area contributed by atoms with E-state index in [1.807, 2.05) is 63.2 Å². The molecular formula is C16H20N4S. The number of hydrogen-bond donors (Lipinski definition) is 2. The standard InChI is InChI=1S/C16H20N4S/c1-10-9-11(2)18-16(14(10)15(17)21)19-12-7-5-6-8-13(12)20(3)4/h5-9H,1-4H3,(H2,17,21)(H,18,19). The summed E-state index contributed by atoms with van der Waals surface area (Å²) in [6.07, 6.45) is 0. The largest absolute Gasteiger partial charge is 0.389 e. The second-order valence-corrected chi connectivity index (χ2v) is 5.64. The van der Waals surface area contributed by atoms with Crippen LogP contribution in [0.1, 0.15) is 16.8 Å². The molecule has 3 N–H and O–H groups in total. The monoisotopic (exact) mass is 300 g/mol. The summed E-state index contributed by atoms with van der Waals surface area (Å²) in [6.45, 7) is 3.95. The second-order valence-electron chi connectivity index (χ2n) is 5.20. The van der Waals surface area contributed by atoms with Gasteiger partial charge in [-0.1, -0.05) is 24.4 Å². The molecule has 0 fully saturated rings. The van der Waals surface area contributed by atoms with Gasteiger partial charge in [0.25, 0.3) is 0 Å². The number of aryl methyl sites for hydroxylation is 2. The van der Waals surface area contributed by atoms with E-state index in [1.54, 1.807) is 0 Å². The van der Waals surface area contributed by atoms with Crippen molar-refractivity contribution in [3.63, 3.8) is 0 Å². The predicted octanol–water partition coefficient (Wildman–Crippen LogP) is 3.14. The van der Waals surface area contributed by atoms with E-state index in [4.69, 9.17) is 18.0 Å². The summed E-state index contributed by atoms with van der Waals surface area (Å²) in [6, 6.07) is 10.0. The number of rotatable bonds is 4.